The van der Waals surface area contributed by atoms with Crippen molar-refractivity contribution in [2.75, 3.05) is 6.61 Å². The van der Waals surface area contributed by atoms with Crippen LogP contribution in [-0.2, 0) is 4.84 Å². The Morgan fingerprint density at radius 2 is 1.81 bits per heavy atom. The molecule has 1 aliphatic heterocycles. The molecule has 134 valence electrons. The predicted molar refractivity (Wildman–Crippen MR) is 83.1 cm³/mol. The Labute approximate surface area is 150 Å². The molecule has 0 bridgehead atoms. The number of hydrogen-bond acceptors (Lipinski definition) is 6. The molecule has 1 aromatic heterocycles. The molecule has 3 rings (SSSR count). The number of alkyl halides is 2. The molecule has 10 heteroatoms. The van der Waals surface area contributed by atoms with Gasteiger partial charge in [-0.2, -0.15) is 0 Å². The maximum atomic E-state index is 12.1. The molecule has 0 saturated heterocycles. The lowest BCUT2D eigenvalue weighted by Gasteiger charge is -2.13. The SMILES string of the molecule is O=C(ON1C(=O)c2ccccc2C1=O)c1cnc(OCC(F)F)c(Cl)c1. The van der Waals surface area contributed by atoms with Crippen molar-refractivity contribution in [3.8, 4) is 5.88 Å². The zero-order valence-corrected chi connectivity index (χ0v) is 13.6. The topological polar surface area (TPSA) is 85.8 Å². The highest BCUT2D eigenvalue weighted by Gasteiger charge is 2.38. The number of ether oxygens (including phenoxy) is 1. The number of carbonyl (C=O) groups is 3. The van der Waals surface area contributed by atoms with Gasteiger partial charge in [-0.05, 0) is 18.2 Å². The summed E-state index contributed by atoms with van der Waals surface area (Å²) in [5.74, 6) is -2.93. The highest BCUT2D eigenvalue weighted by molar-refractivity contribution is 6.32. The first kappa shape index (κ1) is 17.7. The van der Waals surface area contributed by atoms with Gasteiger partial charge in [0.25, 0.3) is 18.2 Å². The monoisotopic (exact) mass is 382 g/mol. The number of rotatable bonds is 5. The predicted octanol–water partition coefficient (Wildman–Crippen LogP) is 2.75. The minimum atomic E-state index is -2.72. The van der Waals surface area contributed by atoms with Gasteiger partial charge < -0.3 is 9.57 Å². The van der Waals surface area contributed by atoms with Crippen molar-refractivity contribution in [2.45, 2.75) is 6.43 Å². The number of aromatic nitrogens is 1. The van der Waals surface area contributed by atoms with Crippen molar-refractivity contribution >= 4 is 29.4 Å². The second kappa shape index (κ2) is 7.04. The molecular weight excluding hydrogens is 374 g/mol. The molecule has 0 radical (unpaired) electrons. The average molecular weight is 383 g/mol. The second-order valence-corrected chi connectivity index (χ2v) is 5.45. The maximum Gasteiger partial charge on any atom is 0.365 e. The fraction of sp³-hybridized carbons (Fsp3) is 0.125. The molecule has 7 nitrogen and oxygen atoms in total. The largest absolute Gasteiger partial charge is 0.471 e. The molecule has 0 N–H and O–H groups in total. The smallest absolute Gasteiger partial charge is 0.365 e. The summed E-state index contributed by atoms with van der Waals surface area (Å²) in [7, 11) is 0. The summed E-state index contributed by atoms with van der Waals surface area (Å²) in [6, 6.07) is 7.05. The van der Waals surface area contributed by atoms with Crippen LogP contribution in [0.4, 0.5) is 8.78 Å². The molecule has 0 aliphatic carbocycles. The quantitative estimate of drug-likeness (QED) is 0.739. The summed E-state index contributed by atoms with van der Waals surface area (Å²) >= 11 is 5.82. The lowest BCUT2D eigenvalue weighted by molar-refractivity contribution is -0.0584. The molecule has 1 aliphatic rings. The van der Waals surface area contributed by atoms with Gasteiger partial charge >= 0.3 is 5.97 Å². The van der Waals surface area contributed by atoms with Crippen LogP contribution in [0.2, 0.25) is 5.02 Å². The molecule has 0 unspecified atom stereocenters. The van der Waals surface area contributed by atoms with Gasteiger partial charge in [0.1, 0.15) is 5.02 Å². The van der Waals surface area contributed by atoms with Crippen LogP contribution in [0.5, 0.6) is 5.88 Å². The molecule has 0 spiro atoms. The summed E-state index contributed by atoms with van der Waals surface area (Å²) in [4.78, 5) is 44.9. The van der Waals surface area contributed by atoms with Crippen molar-refractivity contribution in [3.63, 3.8) is 0 Å². The van der Waals surface area contributed by atoms with E-state index in [1.165, 1.54) is 12.1 Å². The fourth-order valence-corrected chi connectivity index (χ4v) is 2.39. The first-order chi connectivity index (χ1) is 12.4. The zero-order chi connectivity index (χ0) is 18.8. The van der Waals surface area contributed by atoms with Crippen LogP contribution >= 0.6 is 11.6 Å². The van der Waals surface area contributed by atoms with E-state index in [-0.39, 0.29) is 27.6 Å². The highest BCUT2D eigenvalue weighted by Crippen LogP contribution is 2.26. The minimum absolute atomic E-state index is 0.109. The number of hydroxylamine groups is 2. The number of carbonyl (C=O) groups excluding carboxylic acids is 3. The van der Waals surface area contributed by atoms with Gasteiger partial charge in [0.05, 0.1) is 16.7 Å². The number of imide groups is 1. The van der Waals surface area contributed by atoms with Gasteiger partial charge in [-0.1, -0.05) is 28.8 Å². The van der Waals surface area contributed by atoms with Crippen LogP contribution in [-0.4, -0.2) is 40.9 Å². The fourth-order valence-electron chi connectivity index (χ4n) is 2.17. The molecule has 0 atom stereocenters. The molecule has 2 heterocycles. The Morgan fingerprint density at radius 3 is 2.35 bits per heavy atom. The summed E-state index contributed by atoms with van der Waals surface area (Å²) in [6.45, 7) is -0.911. The number of benzene rings is 1. The number of amides is 2. The van der Waals surface area contributed by atoms with Crippen molar-refractivity contribution in [2.24, 2.45) is 0 Å². The highest BCUT2D eigenvalue weighted by atomic mass is 35.5. The first-order valence-electron chi connectivity index (χ1n) is 7.15. The van der Waals surface area contributed by atoms with E-state index in [1.807, 2.05) is 0 Å². The number of hydrogen-bond donors (Lipinski definition) is 0. The summed E-state index contributed by atoms with van der Waals surface area (Å²) in [6.07, 6.45) is -1.75. The zero-order valence-electron chi connectivity index (χ0n) is 12.8. The summed E-state index contributed by atoms with van der Waals surface area (Å²) < 4.78 is 28.9. The third-order valence-corrected chi connectivity index (χ3v) is 3.59. The van der Waals surface area contributed by atoms with Crippen molar-refractivity contribution in [1.29, 1.82) is 0 Å². The first-order valence-corrected chi connectivity index (χ1v) is 7.53. The van der Waals surface area contributed by atoms with E-state index in [0.717, 1.165) is 12.3 Å². The van der Waals surface area contributed by atoms with Crippen LogP contribution in [0.3, 0.4) is 0 Å². The summed E-state index contributed by atoms with van der Waals surface area (Å²) in [5.41, 5.74) is 0.0189. The van der Waals surface area contributed by atoms with E-state index in [0.29, 0.717) is 5.06 Å². The molecular formula is C16H9ClF2N2O5. The molecule has 1 aromatic carbocycles. The van der Waals surface area contributed by atoms with E-state index < -0.39 is 30.8 Å². The number of halogens is 3. The van der Waals surface area contributed by atoms with Crippen LogP contribution < -0.4 is 4.74 Å². The van der Waals surface area contributed by atoms with Crippen molar-refractivity contribution < 1.29 is 32.7 Å². The van der Waals surface area contributed by atoms with E-state index >= 15 is 0 Å². The Bertz CT molecular complexity index is 871. The van der Waals surface area contributed by atoms with Gasteiger partial charge in [-0.15, -0.1) is 0 Å². The van der Waals surface area contributed by atoms with Crippen molar-refractivity contribution in [3.05, 3.63) is 58.2 Å². The van der Waals surface area contributed by atoms with E-state index in [9.17, 15) is 23.2 Å². The lowest BCUT2D eigenvalue weighted by Crippen LogP contribution is -2.32. The van der Waals surface area contributed by atoms with Gasteiger partial charge in [0.2, 0.25) is 5.88 Å². The number of nitrogens with zero attached hydrogens (tertiary/aromatic N) is 2. The molecule has 2 aromatic rings. The summed E-state index contributed by atoms with van der Waals surface area (Å²) in [5, 5.41) is 0.129. The third-order valence-electron chi connectivity index (χ3n) is 3.32. The molecule has 0 saturated carbocycles. The van der Waals surface area contributed by atoms with Gasteiger partial charge in [0.15, 0.2) is 6.61 Å². The molecule has 2 amide bonds. The van der Waals surface area contributed by atoms with Gasteiger partial charge in [-0.3, -0.25) is 9.59 Å². The maximum absolute atomic E-state index is 12.1. The van der Waals surface area contributed by atoms with Crippen LogP contribution in [0, 0.1) is 0 Å². The van der Waals surface area contributed by atoms with Crippen LogP contribution in [0.15, 0.2) is 36.5 Å². The average Bonchev–Trinajstić information content (AvgIpc) is 2.86. The van der Waals surface area contributed by atoms with E-state index in [2.05, 4.69) is 9.72 Å². The lowest BCUT2D eigenvalue weighted by atomic mass is 10.1. The minimum Gasteiger partial charge on any atom is -0.471 e. The number of fused-ring (bicyclic) bond motifs is 1. The molecule has 26 heavy (non-hydrogen) atoms. The van der Waals surface area contributed by atoms with Crippen LogP contribution in [0.25, 0.3) is 0 Å². The normalized spacial score (nSPS) is 13.2. The van der Waals surface area contributed by atoms with Crippen molar-refractivity contribution in [1.82, 2.24) is 10.0 Å². The second-order valence-electron chi connectivity index (χ2n) is 5.04. The Kier molecular flexibility index (Phi) is 4.81. The Hall–Kier alpha value is -3.07. The standard InChI is InChI=1S/C16H9ClF2N2O5/c17-11-5-8(6-20-13(11)25-7-12(18)19)16(24)26-21-14(22)9-3-1-2-4-10(9)15(21)23/h1-6,12H,7H2. The Balaban J connectivity index is 1.74. The van der Waals surface area contributed by atoms with E-state index in [4.69, 9.17) is 16.4 Å². The molecule has 0 fully saturated rings. The third kappa shape index (κ3) is 3.33. The van der Waals surface area contributed by atoms with Gasteiger partial charge in [-0.25, -0.2) is 18.6 Å². The van der Waals surface area contributed by atoms with E-state index in [1.54, 1.807) is 12.1 Å². The van der Waals surface area contributed by atoms with Crippen LogP contribution in [0.1, 0.15) is 31.1 Å². The number of pyridine rings is 1. The Morgan fingerprint density at radius 1 is 1.19 bits per heavy atom. The van der Waals surface area contributed by atoms with Gasteiger partial charge in [0, 0.05) is 6.20 Å².